The highest BCUT2D eigenvalue weighted by molar-refractivity contribution is 5.91. The van der Waals surface area contributed by atoms with Crippen LogP contribution >= 0.6 is 0 Å². The zero-order valence-electron chi connectivity index (χ0n) is 14.0. The third-order valence-electron chi connectivity index (χ3n) is 3.46. The van der Waals surface area contributed by atoms with E-state index >= 15 is 0 Å². The molecule has 23 heavy (non-hydrogen) atoms. The Bertz CT molecular complexity index is 601. The molecule has 0 heterocycles. The third kappa shape index (κ3) is 4.61. The van der Waals surface area contributed by atoms with Crippen molar-refractivity contribution in [3.05, 3.63) is 29.3 Å². The van der Waals surface area contributed by atoms with E-state index in [0.717, 1.165) is 18.4 Å². The van der Waals surface area contributed by atoms with Crippen molar-refractivity contribution in [2.24, 2.45) is 0 Å². The van der Waals surface area contributed by atoms with Crippen LogP contribution in [0.3, 0.4) is 0 Å². The van der Waals surface area contributed by atoms with Gasteiger partial charge in [0.2, 0.25) is 0 Å². The molecule has 1 amide bonds. The number of aromatic carboxylic acids is 1. The van der Waals surface area contributed by atoms with Crippen molar-refractivity contribution in [2.45, 2.75) is 51.8 Å². The van der Waals surface area contributed by atoms with Gasteiger partial charge in [0, 0.05) is 12.6 Å². The van der Waals surface area contributed by atoms with E-state index in [4.69, 9.17) is 9.47 Å². The zero-order valence-corrected chi connectivity index (χ0v) is 14.0. The number of ether oxygens (including phenoxy) is 2. The molecule has 0 unspecified atom stereocenters. The van der Waals surface area contributed by atoms with E-state index in [-0.39, 0.29) is 17.7 Å². The van der Waals surface area contributed by atoms with E-state index in [0.29, 0.717) is 12.3 Å². The van der Waals surface area contributed by atoms with Crippen molar-refractivity contribution in [3.63, 3.8) is 0 Å². The fourth-order valence-electron chi connectivity index (χ4n) is 2.27. The molecular weight excluding hydrogens is 298 g/mol. The lowest BCUT2D eigenvalue weighted by molar-refractivity contribution is 0.0216. The summed E-state index contributed by atoms with van der Waals surface area (Å²) in [6.45, 7) is 5.80. The maximum absolute atomic E-state index is 12.3. The predicted octanol–water partition coefficient (Wildman–Crippen LogP) is 3.29. The van der Waals surface area contributed by atoms with E-state index in [1.54, 1.807) is 23.1 Å². The lowest BCUT2D eigenvalue weighted by Crippen LogP contribution is -2.37. The van der Waals surface area contributed by atoms with Gasteiger partial charge in [0.25, 0.3) is 0 Å². The van der Waals surface area contributed by atoms with E-state index in [2.05, 4.69) is 0 Å². The molecule has 1 saturated carbocycles. The molecule has 0 aliphatic heterocycles. The summed E-state index contributed by atoms with van der Waals surface area (Å²) in [4.78, 5) is 25.3. The number of amides is 1. The number of carbonyl (C=O) groups is 2. The summed E-state index contributed by atoms with van der Waals surface area (Å²) in [5.74, 6) is -0.754. The maximum Gasteiger partial charge on any atom is 0.410 e. The molecule has 6 heteroatoms. The Balaban J connectivity index is 2.19. The molecule has 1 aromatic rings. The number of rotatable bonds is 5. The van der Waals surface area contributed by atoms with Gasteiger partial charge in [-0.25, -0.2) is 9.59 Å². The fourth-order valence-corrected chi connectivity index (χ4v) is 2.27. The molecule has 0 spiro atoms. The average molecular weight is 321 g/mol. The van der Waals surface area contributed by atoms with Crippen molar-refractivity contribution >= 4 is 12.1 Å². The fraction of sp³-hybridized carbons (Fsp3) is 0.529. The number of hydrogen-bond acceptors (Lipinski definition) is 4. The van der Waals surface area contributed by atoms with Crippen LogP contribution in [0.5, 0.6) is 5.75 Å². The van der Waals surface area contributed by atoms with Crippen molar-refractivity contribution in [3.8, 4) is 5.75 Å². The number of hydrogen-bond donors (Lipinski definition) is 1. The minimum Gasteiger partial charge on any atom is -0.496 e. The van der Waals surface area contributed by atoms with Gasteiger partial charge in [-0.2, -0.15) is 0 Å². The zero-order chi connectivity index (χ0) is 17.2. The van der Waals surface area contributed by atoms with Gasteiger partial charge in [-0.05, 0) is 51.3 Å². The van der Waals surface area contributed by atoms with Crippen LogP contribution in [0.1, 0.15) is 49.5 Å². The standard InChI is InChI=1S/C17H23NO5/c1-17(2,3)23-16(21)18(12-6-7-12)10-11-5-8-14(22-4)13(9-11)15(19)20/h5,8-9,12H,6-7,10H2,1-4H3,(H,19,20). The molecule has 6 nitrogen and oxygen atoms in total. The number of carboxylic acid groups (broad SMARTS) is 1. The first kappa shape index (κ1) is 17.1. The highest BCUT2D eigenvalue weighted by atomic mass is 16.6. The van der Waals surface area contributed by atoms with Crippen LogP contribution < -0.4 is 4.74 Å². The number of carbonyl (C=O) groups excluding carboxylic acids is 1. The smallest absolute Gasteiger partial charge is 0.410 e. The molecule has 0 aromatic heterocycles. The van der Waals surface area contributed by atoms with Crippen molar-refractivity contribution in [1.29, 1.82) is 0 Å². The van der Waals surface area contributed by atoms with Crippen LogP contribution in [-0.2, 0) is 11.3 Å². The lowest BCUT2D eigenvalue weighted by atomic mass is 10.1. The summed E-state index contributed by atoms with van der Waals surface area (Å²) in [5, 5.41) is 9.25. The van der Waals surface area contributed by atoms with Gasteiger partial charge in [-0.3, -0.25) is 0 Å². The van der Waals surface area contributed by atoms with Crippen molar-refractivity contribution in [1.82, 2.24) is 4.90 Å². The second kappa shape index (κ2) is 6.48. The second-order valence-electron chi connectivity index (χ2n) is 6.68. The van der Waals surface area contributed by atoms with Crippen molar-refractivity contribution in [2.75, 3.05) is 7.11 Å². The highest BCUT2D eigenvalue weighted by Gasteiger charge is 2.35. The molecule has 0 bridgehead atoms. The summed E-state index contributed by atoms with van der Waals surface area (Å²) in [5.41, 5.74) is 0.266. The molecule has 1 aliphatic rings. The molecular formula is C17H23NO5. The summed E-state index contributed by atoms with van der Waals surface area (Å²) in [6, 6.07) is 5.09. The van der Waals surface area contributed by atoms with Gasteiger partial charge in [0.15, 0.2) is 0 Å². The number of carboxylic acids is 1. The first-order valence-electron chi connectivity index (χ1n) is 7.61. The SMILES string of the molecule is COc1ccc(CN(C(=O)OC(C)(C)C)C2CC2)cc1C(=O)O. The summed E-state index contributed by atoms with van der Waals surface area (Å²) < 4.78 is 10.5. The quantitative estimate of drug-likeness (QED) is 0.900. The molecule has 1 aromatic carbocycles. The van der Waals surface area contributed by atoms with E-state index in [9.17, 15) is 14.7 Å². The largest absolute Gasteiger partial charge is 0.496 e. The minimum absolute atomic E-state index is 0.0879. The molecule has 1 N–H and O–H groups in total. The number of benzene rings is 1. The predicted molar refractivity (Wildman–Crippen MR) is 84.8 cm³/mol. The summed E-state index contributed by atoms with van der Waals surface area (Å²) in [7, 11) is 1.43. The van der Waals surface area contributed by atoms with Gasteiger partial charge in [0.1, 0.15) is 16.9 Å². The van der Waals surface area contributed by atoms with Crippen LogP contribution in [-0.4, -0.2) is 40.8 Å². The first-order chi connectivity index (χ1) is 10.7. The lowest BCUT2D eigenvalue weighted by Gasteiger charge is -2.27. The van der Waals surface area contributed by atoms with E-state index in [1.165, 1.54) is 7.11 Å². The monoisotopic (exact) mass is 321 g/mol. The highest BCUT2D eigenvalue weighted by Crippen LogP contribution is 2.30. The molecule has 0 radical (unpaired) electrons. The topological polar surface area (TPSA) is 76.1 Å². The van der Waals surface area contributed by atoms with Gasteiger partial charge >= 0.3 is 12.1 Å². The number of methoxy groups -OCH3 is 1. The Hall–Kier alpha value is -2.24. The van der Waals surface area contributed by atoms with E-state index in [1.807, 2.05) is 20.8 Å². The van der Waals surface area contributed by atoms with Gasteiger partial charge in [-0.15, -0.1) is 0 Å². The molecule has 2 rings (SSSR count). The van der Waals surface area contributed by atoms with Gasteiger partial charge in [-0.1, -0.05) is 6.07 Å². The Morgan fingerprint density at radius 1 is 1.30 bits per heavy atom. The molecule has 1 aliphatic carbocycles. The van der Waals surface area contributed by atoms with Gasteiger partial charge < -0.3 is 19.5 Å². The molecule has 1 fully saturated rings. The van der Waals surface area contributed by atoms with Crippen molar-refractivity contribution < 1.29 is 24.2 Å². The molecule has 0 saturated heterocycles. The first-order valence-corrected chi connectivity index (χ1v) is 7.61. The van der Waals surface area contributed by atoms with Crippen LogP contribution in [0.2, 0.25) is 0 Å². The Morgan fingerprint density at radius 3 is 2.43 bits per heavy atom. The van der Waals surface area contributed by atoms with Gasteiger partial charge in [0.05, 0.1) is 7.11 Å². The molecule has 0 atom stereocenters. The maximum atomic E-state index is 12.3. The summed E-state index contributed by atoms with van der Waals surface area (Å²) >= 11 is 0. The number of nitrogens with zero attached hydrogens (tertiary/aromatic N) is 1. The van der Waals surface area contributed by atoms with E-state index < -0.39 is 11.6 Å². The average Bonchev–Trinajstić information content (AvgIpc) is 3.26. The van der Waals surface area contributed by atoms with Crippen LogP contribution in [0.15, 0.2) is 18.2 Å². The third-order valence-corrected chi connectivity index (χ3v) is 3.46. The Kier molecular flexibility index (Phi) is 4.82. The summed E-state index contributed by atoms with van der Waals surface area (Å²) in [6.07, 6.45) is 1.52. The van der Waals surface area contributed by atoms with Crippen LogP contribution in [0.4, 0.5) is 4.79 Å². The second-order valence-corrected chi connectivity index (χ2v) is 6.68. The van der Waals surface area contributed by atoms with Crippen LogP contribution in [0.25, 0.3) is 0 Å². The minimum atomic E-state index is -1.06. The van der Waals surface area contributed by atoms with Crippen LogP contribution in [0, 0.1) is 0 Å². The Morgan fingerprint density at radius 2 is 1.96 bits per heavy atom. The Labute approximate surface area is 136 Å². The molecule has 126 valence electrons. The normalized spacial score (nSPS) is 14.3.